The molecule has 0 spiro atoms. The van der Waals surface area contributed by atoms with Crippen molar-refractivity contribution in [3.63, 3.8) is 0 Å². The van der Waals surface area contributed by atoms with Gasteiger partial charge >= 0.3 is 0 Å². The Hall–Kier alpha value is -1.55. The van der Waals surface area contributed by atoms with Crippen molar-refractivity contribution in [3.8, 4) is 5.75 Å². The number of amides is 1. The third-order valence-corrected chi connectivity index (χ3v) is 2.38. The predicted octanol–water partition coefficient (Wildman–Crippen LogP) is 1.97. The molecule has 1 aromatic carbocycles. The quantitative estimate of drug-likeness (QED) is 0.625. The lowest BCUT2D eigenvalue weighted by molar-refractivity contribution is -0.111. The molecule has 0 aromatic heterocycles. The average molecular weight is 256 g/mol. The lowest BCUT2D eigenvalue weighted by atomic mass is 10.2. The number of hydrogen-bond donors (Lipinski definition) is 1. The molecular weight excluding hydrogens is 242 g/mol. The molecule has 1 aromatic rings. The van der Waals surface area contributed by atoms with Crippen LogP contribution in [0.2, 0.25) is 0 Å². The van der Waals surface area contributed by atoms with Crippen molar-refractivity contribution >= 4 is 22.8 Å². The molecule has 0 radical (unpaired) electrons. The van der Waals surface area contributed by atoms with Crippen LogP contribution in [0, 0.1) is 0 Å². The normalized spacial score (nSPS) is 9.76. The molecule has 0 bridgehead atoms. The Morgan fingerprint density at radius 2 is 2.06 bits per heavy atom. The molecule has 4 nitrogen and oxygen atoms in total. The molecule has 1 rings (SSSR count). The highest BCUT2D eigenvalue weighted by Gasteiger charge is 2.10. The van der Waals surface area contributed by atoms with Crippen LogP contribution in [0.5, 0.6) is 5.75 Å². The summed E-state index contributed by atoms with van der Waals surface area (Å²) < 4.78 is 5.07. The summed E-state index contributed by atoms with van der Waals surface area (Å²) in [5, 5.41) is 2.31. The first-order chi connectivity index (χ1) is 8.15. The van der Waals surface area contributed by atoms with Gasteiger partial charge in [-0.05, 0) is 30.2 Å². The van der Waals surface area contributed by atoms with Gasteiger partial charge in [-0.2, -0.15) is 0 Å². The largest absolute Gasteiger partial charge is 0.496 e. The van der Waals surface area contributed by atoms with Gasteiger partial charge in [0.05, 0.1) is 12.7 Å². The number of ether oxygens (including phenoxy) is 1. The summed E-state index contributed by atoms with van der Waals surface area (Å²) in [6.07, 6.45) is 0.789. The maximum Gasteiger partial charge on any atom is 0.255 e. The van der Waals surface area contributed by atoms with Crippen molar-refractivity contribution in [1.29, 1.82) is 0 Å². The van der Waals surface area contributed by atoms with E-state index >= 15 is 0 Å². The minimum Gasteiger partial charge on any atom is -0.496 e. The number of carbonyl (C=O) groups is 2. The van der Waals surface area contributed by atoms with Crippen molar-refractivity contribution in [2.24, 2.45) is 0 Å². The molecule has 5 heteroatoms. The fourth-order valence-electron chi connectivity index (χ4n) is 1.36. The number of nitrogens with one attached hydrogen (secondary N) is 1. The minimum absolute atomic E-state index is 0.218. The molecule has 0 saturated carbocycles. The first-order valence-electron chi connectivity index (χ1n) is 5.24. The van der Waals surface area contributed by atoms with E-state index in [4.69, 9.17) is 16.3 Å². The predicted molar refractivity (Wildman–Crippen MR) is 65.4 cm³/mol. The Balaban J connectivity index is 2.49. The third kappa shape index (κ3) is 4.44. The van der Waals surface area contributed by atoms with Gasteiger partial charge in [0.2, 0.25) is 5.24 Å². The van der Waals surface area contributed by atoms with Gasteiger partial charge in [0.15, 0.2) is 0 Å². The summed E-state index contributed by atoms with van der Waals surface area (Å²) in [6.45, 7) is 0.412. The number of rotatable bonds is 6. The summed E-state index contributed by atoms with van der Waals surface area (Å²) in [6, 6.07) is 6.96. The molecule has 0 atom stereocenters. The zero-order valence-corrected chi connectivity index (χ0v) is 10.3. The van der Waals surface area contributed by atoms with Gasteiger partial charge in [0, 0.05) is 13.0 Å². The third-order valence-electron chi connectivity index (χ3n) is 2.19. The standard InChI is InChI=1S/C12H14ClNO3/c1-17-10-6-3-2-5-9(10)12(16)14-8-4-7-11(13)15/h2-3,5-6H,4,7-8H2,1H3,(H,14,16). The van der Waals surface area contributed by atoms with E-state index in [1.165, 1.54) is 7.11 Å². The Morgan fingerprint density at radius 1 is 1.35 bits per heavy atom. The van der Waals surface area contributed by atoms with E-state index in [0.717, 1.165) is 0 Å². The Kier molecular flexibility index (Phi) is 5.49. The van der Waals surface area contributed by atoms with Gasteiger partial charge in [-0.1, -0.05) is 12.1 Å². The maximum atomic E-state index is 11.8. The monoisotopic (exact) mass is 255 g/mol. The van der Waals surface area contributed by atoms with Gasteiger partial charge in [-0.25, -0.2) is 0 Å². The van der Waals surface area contributed by atoms with E-state index in [9.17, 15) is 9.59 Å². The van der Waals surface area contributed by atoms with E-state index in [2.05, 4.69) is 5.32 Å². The highest BCUT2D eigenvalue weighted by molar-refractivity contribution is 6.63. The molecule has 0 unspecified atom stereocenters. The van der Waals surface area contributed by atoms with Crippen molar-refractivity contribution in [1.82, 2.24) is 5.32 Å². The van der Waals surface area contributed by atoms with E-state index in [1.54, 1.807) is 24.3 Å². The highest BCUT2D eigenvalue weighted by atomic mass is 35.5. The van der Waals surface area contributed by atoms with Crippen LogP contribution in [0.15, 0.2) is 24.3 Å². The van der Waals surface area contributed by atoms with Gasteiger partial charge in [-0.3, -0.25) is 9.59 Å². The number of para-hydroxylation sites is 1. The Labute approximate surface area is 105 Å². The fourth-order valence-corrected chi connectivity index (χ4v) is 1.49. The van der Waals surface area contributed by atoms with Crippen LogP contribution in [-0.2, 0) is 4.79 Å². The molecule has 0 aliphatic heterocycles. The van der Waals surface area contributed by atoms with Gasteiger partial charge in [0.1, 0.15) is 5.75 Å². The summed E-state index contributed by atoms with van der Waals surface area (Å²) in [4.78, 5) is 22.3. The zero-order chi connectivity index (χ0) is 12.7. The number of benzene rings is 1. The molecule has 1 N–H and O–H groups in total. The first-order valence-corrected chi connectivity index (χ1v) is 5.62. The molecule has 0 aliphatic rings. The molecule has 17 heavy (non-hydrogen) atoms. The lowest BCUT2D eigenvalue weighted by Crippen LogP contribution is -2.25. The molecule has 0 aliphatic carbocycles. The van der Waals surface area contributed by atoms with Crippen LogP contribution in [0.4, 0.5) is 0 Å². The molecule has 1 amide bonds. The van der Waals surface area contributed by atoms with Crippen LogP contribution in [0.1, 0.15) is 23.2 Å². The minimum atomic E-state index is -0.392. The summed E-state index contributed by atoms with van der Waals surface area (Å²) >= 11 is 5.19. The second-order valence-corrected chi connectivity index (χ2v) is 3.84. The van der Waals surface area contributed by atoms with Crippen LogP contribution in [0.3, 0.4) is 0 Å². The molecule has 0 saturated heterocycles. The number of hydrogen-bond acceptors (Lipinski definition) is 3. The highest BCUT2D eigenvalue weighted by Crippen LogP contribution is 2.16. The molecule has 0 fully saturated rings. The van der Waals surface area contributed by atoms with Crippen molar-refractivity contribution in [2.75, 3.05) is 13.7 Å². The summed E-state index contributed by atoms with van der Waals surface area (Å²) in [5.41, 5.74) is 0.479. The van der Waals surface area contributed by atoms with Gasteiger partial charge in [-0.15, -0.1) is 0 Å². The Morgan fingerprint density at radius 3 is 2.71 bits per heavy atom. The lowest BCUT2D eigenvalue weighted by Gasteiger charge is -2.08. The van der Waals surface area contributed by atoms with Crippen LogP contribution in [0.25, 0.3) is 0 Å². The smallest absolute Gasteiger partial charge is 0.255 e. The average Bonchev–Trinajstić information content (AvgIpc) is 2.34. The second kappa shape index (κ2) is 6.91. The first kappa shape index (κ1) is 13.5. The molecular formula is C12H14ClNO3. The molecule has 0 heterocycles. The van der Waals surface area contributed by atoms with Crippen LogP contribution >= 0.6 is 11.6 Å². The van der Waals surface area contributed by atoms with E-state index in [-0.39, 0.29) is 12.3 Å². The fraction of sp³-hybridized carbons (Fsp3) is 0.333. The zero-order valence-electron chi connectivity index (χ0n) is 9.53. The van der Waals surface area contributed by atoms with Crippen molar-refractivity contribution in [3.05, 3.63) is 29.8 Å². The SMILES string of the molecule is COc1ccccc1C(=O)NCCCC(=O)Cl. The summed E-state index contributed by atoms with van der Waals surface area (Å²) in [5.74, 6) is 0.308. The maximum absolute atomic E-state index is 11.8. The van der Waals surface area contributed by atoms with Gasteiger partial charge in [0.25, 0.3) is 5.91 Å². The number of halogens is 1. The van der Waals surface area contributed by atoms with E-state index in [0.29, 0.717) is 24.3 Å². The van der Waals surface area contributed by atoms with Crippen LogP contribution in [-0.4, -0.2) is 24.8 Å². The van der Waals surface area contributed by atoms with E-state index < -0.39 is 5.24 Å². The van der Waals surface area contributed by atoms with Crippen molar-refractivity contribution in [2.45, 2.75) is 12.8 Å². The Bertz CT molecular complexity index is 406. The number of methoxy groups -OCH3 is 1. The van der Waals surface area contributed by atoms with E-state index in [1.807, 2.05) is 0 Å². The van der Waals surface area contributed by atoms with Crippen LogP contribution < -0.4 is 10.1 Å². The summed E-state index contributed by atoms with van der Waals surface area (Å²) in [7, 11) is 1.51. The topological polar surface area (TPSA) is 55.4 Å². The number of carbonyl (C=O) groups excluding carboxylic acids is 2. The van der Waals surface area contributed by atoms with Crippen molar-refractivity contribution < 1.29 is 14.3 Å². The van der Waals surface area contributed by atoms with Gasteiger partial charge < -0.3 is 10.1 Å². The molecule has 92 valence electrons. The second-order valence-electron chi connectivity index (χ2n) is 3.41.